The molecule has 0 amide bonds. The summed E-state index contributed by atoms with van der Waals surface area (Å²) in [6, 6.07) is 0. The Hall–Kier alpha value is -0.790. The molecule has 0 atom stereocenters. The second-order valence-electron chi connectivity index (χ2n) is 7.00. The van der Waals surface area contributed by atoms with Crippen molar-refractivity contribution in [2.24, 2.45) is 0 Å². The monoisotopic (exact) mass is 338 g/mol. The Bertz CT molecular complexity index is 273. The van der Waals surface area contributed by atoms with Crippen LogP contribution in [0.3, 0.4) is 0 Å². The number of carbonyl (C=O) groups excluding carboxylic acids is 1. The molecule has 0 aliphatic heterocycles. The van der Waals surface area contributed by atoms with Crippen LogP contribution in [-0.4, -0.2) is 12.6 Å². The highest BCUT2D eigenvalue weighted by Gasteiger charge is 2.02. The molecule has 0 bridgehead atoms. The molecule has 0 unspecified atom stereocenters. The molecule has 0 aliphatic carbocycles. The van der Waals surface area contributed by atoms with E-state index in [4.69, 9.17) is 4.74 Å². The van der Waals surface area contributed by atoms with E-state index in [0.717, 1.165) is 25.7 Å². The zero-order valence-electron chi connectivity index (χ0n) is 16.3. The van der Waals surface area contributed by atoms with E-state index in [1.54, 1.807) is 0 Å². The Morgan fingerprint density at radius 2 is 1.25 bits per heavy atom. The first-order chi connectivity index (χ1) is 11.8. The molecule has 24 heavy (non-hydrogen) atoms. The first-order valence-corrected chi connectivity index (χ1v) is 10.6. The zero-order valence-corrected chi connectivity index (χ0v) is 16.3. The number of carbonyl (C=O) groups is 1. The van der Waals surface area contributed by atoms with Crippen molar-refractivity contribution in [3.8, 4) is 0 Å². The smallest absolute Gasteiger partial charge is 0.305 e. The first kappa shape index (κ1) is 23.2. The van der Waals surface area contributed by atoms with Gasteiger partial charge in [-0.3, -0.25) is 4.79 Å². The molecule has 0 heterocycles. The lowest BCUT2D eigenvalue weighted by Gasteiger charge is -2.05. The van der Waals surface area contributed by atoms with Crippen LogP contribution in [0.25, 0.3) is 0 Å². The number of esters is 1. The Labute approximate surface area is 151 Å². The molecule has 0 aliphatic rings. The average Bonchev–Trinajstić information content (AvgIpc) is 2.59. The van der Waals surface area contributed by atoms with Crippen LogP contribution in [0.2, 0.25) is 0 Å². The van der Waals surface area contributed by atoms with Crippen LogP contribution in [0.5, 0.6) is 0 Å². The predicted molar refractivity (Wildman–Crippen MR) is 105 cm³/mol. The van der Waals surface area contributed by atoms with Crippen molar-refractivity contribution < 1.29 is 9.53 Å². The topological polar surface area (TPSA) is 26.3 Å². The van der Waals surface area contributed by atoms with Gasteiger partial charge in [0.25, 0.3) is 0 Å². The van der Waals surface area contributed by atoms with E-state index in [0.29, 0.717) is 13.0 Å². The molecule has 0 aromatic rings. The number of hydrogen-bond acceptors (Lipinski definition) is 2. The lowest BCUT2D eigenvalue weighted by atomic mass is 10.1. The van der Waals surface area contributed by atoms with E-state index in [1.807, 2.05) is 6.08 Å². The maximum Gasteiger partial charge on any atom is 0.305 e. The van der Waals surface area contributed by atoms with Gasteiger partial charge in [0.2, 0.25) is 0 Å². The summed E-state index contributed by atoms with van der Waals surface area (Å²) in [5, 5.41) is 0. The predicted octanol–water partition coefficient (Wildman–Crippen LogP) is 7.37. The molecule has 0 aromatic heterocycles. The molecule has 0 saturated heterocycles. The molecule has 0 spiro atoms. The number of rotatable bonds is 19. The highest BCUT2D eigenvalue weighted by Crippen LogP contribution is 2.11. The van der Waals surface area contributed by atoms with E-state index < -0.39 is 0 Å². The normalized spacial score (nSPS) is 10.7. The van der Waals surface area contributed by atoms with Crippen molar-refractivity contribution in [3.05, 3.63) is 12.7 Å². The lowest BCUT2D eigenvalue weighted by molar-refractivity contribution is -0.143. The van der Waals surface area contributed by atoms with Crippen molar-refractivity contribution in [1.29, 1.82) is 0 Å². The Kier molecular flexibility index (Phi) is 19.6. The lowest BCUT2D eigenvalue weighted by Crippen LogP contribution is -2.05. The third-order valence-electron chi connectivity index (χ3n) is 4.55. The molecular weight excluding hydrogens is 296 g/mol. The van der Waals surface area contributed by atoms with Gasteiger partial charge >= 0.3 is 5.97 Å². The summed E-state index contributed by atoms with van der Waals surface area (Å²) in [5.41, 5.74) is 0. The van der Waals surface area contributed by atoms with Crippen LogP contribution in [0.4, 0.5) is 0 Å². The molecule has 0 saturated carbocycles. The maximum absolute atomic E-state index is 11.6. The van der Waals surface area contributed by atoms with Gasteiger partial charge in [-0.15, -0.1) is 6.58 Å². The molecule has 0 fully saturated rings. The largest absolute Gasteiger partial charge is 0.466 e. The minimum absolute atomic E-state index is 0.00276. The Balaban J connectivity index is 3.13. The fourth-order valence-electron chi connectivity index (χ4n) is 2.94. The summed E-state index contributed by atoms with van der Waals surface area (Å²) in [7, 11) is 0. The molecular formula is C22H42O2. The number of hydrogen-bond donors (Lipinski definition) is 0. The molecule has 0 aromatic carbocycles. The number of unbranched alkanes of at least 4 members (excludes halogenated alkanes) is 14. The minimum atomic E-state index is -0.00276. The zero-order chi connectivity index (χ0) is 17.7. The number of ether oxygens (including phenoxy) is 1. The van der Waals surface area contributed by atoms with Crippen molar-refractivity contribution in [3.63, 3.8) is 0 Å². The summed E-state index contributed by atoms with van der Waals surface area (Å²) < 4.78 is 5.31. The average molecular weight is 339 g/mol. The van der Waals surface area contributed by atoms with Crippen LogP contribution < -0.4 is 0 Å². The summed E-state index contributed by atoms with van der Waals surface area (Å²) in [5.74, 6) is -0.00276. The number of allylic oxidation sites excluding steroid dienone is 1. The van der Waals surface area contributed by atoms with Gasteiger partial charge in [0.15, 0.2) is 0 Å². The summed E-state index contributed by atoms with van der Waals surface area (Å²) in [4.78, 5) is 11.6. The fraction of sp³-hybridized carbons (Fsp3) is 0.864. The van der Waals surface area contributed by atoms with Gasteiger partial charge in [0, 0.05) is 6.42 Å². The summed E-state index contributed by atoms with van der Waals surface area (Å²) >= 11 is 0. The second-order valence-corrected chi connectivity index (χ2v) is 7.00. The summed E-state index contributed by atoms with van der Waals surface area (Å²) in [6.45, 7) is 6.61. The standard InChI is InChI=1S/C22H42O2/c1-3-5-7-9-11-12-13-15-17-19-21-24-22(23)20-18-16-14-10-8-6-4-2/h4H,2-3,5-21H2,1H3. The van der Waals surface area contributed by atoms with Gasteiger partial charge in [0.05, 0.1) is 6.61 Å². The van der Waals surface area contributed by atoms with Crippen LogP contribution in [0.1, 0.15) is 116 Å². The van der Waals surface area contributed by atoms with Crippen LogP contribution in [0, 0.1) is 0 Å². The van der Waals surface area contributed by atoms with Crippen molar-refractivity contribution in [2.45, 2.75) is 116 Å². The van der Waals surface area contributed by atoms with E-state index in [-0.39, 0.29) is 5.97 Å². The third-order valence-corrected chi connectivity index (χ3v) is 4.55. The van der Waals surface area contributed by atoms with Gasteiger partial charge in [-0.05, 0) is 25.7 Å². The van der Waals surface area contributed by atoms with Crippen molar-refractivity contribution >= 4 is 5.97 Å². The summed E-state index contributed by atoms with van der Waals surface area (Å²) in [6.07, 6.45) is 22.7. The van der Waals surface area contributed by atoms with Crippen LogP contribution >= 0.6 is 0 Å². The fourth-order valence-corrected chi connectivity index (χ4v) is 2.94. The molecule has 0 N–H and O–H groups in total. The quantitative estimate of drug-likeness (QED) is 0.140. The molecule has 2 heteroatoms. The van der Waals surface area contributed by atoms with E-state index in [1.165, 1.54) is 77.0 Å². The maximum atomic E-state index is 11.6. The van der Waals surface area contributed by atoms with E-state index >= 15 is 0 Å². The molecule has 142 valence electrons. The highest BCUT2D eigenvalue weighted by molar-refractivity contribution is 5.69. The third kappa shape index (κ3) is 19.3. The van der Waals surface area contributed by atoms with Gasteiger partial charge in [-0.25, -0.2) is 0 Å². The Morgan fingerprint density at radius 3 is 1.83 bits per heavy atom. The molecule has 0 rings (SSSR count). The minimum Gasteiger partial charge on any atom is -0.466 e. The highest BCUT2D eigenvalue weighted by atomic mass is 16.5. The van der Waals surface area contributed by atoms with Crippen molar-refractivity contribution in [1.82, 2.24) is 0 Å². The van der Waals surface area contributed by atoms with E-state index in [2.05, 4.69) is 13.5 Å². The van der Waals surface area contributed by atoms with Gasteiger partial charge in [0.1, 0.15) is 0 Å². The van der Waals surface area contributed by atoms with Crippen molar-refractivity contribution in [2.75, 3.05) is 6.61 Å². The molecule has 2 nitrogen and oxygen atoms in total. The van der Waals surface area contributed by atoms with Gasteiger partial charge in [-0.2, -0.15) is 0 Å². The van der Waals surface area contributed by atoms with Gasteiger partial charge < -0.3 is 4.74 Å². The second kappa shape index (κ2) is 20.3. The first-order valence-electron chi connectivity index (χ1n) is 10.6. The van der Waals surface area contributed by atoms with Gasteiger partial charge in [-0.1, -0.05) is 90.0 Å². The van der Waals surface area contributed by atoms with Crippen LogP contribution in [0.15, 0.2) is 12.7 Å². The molecule has 0 radical (unpaired) electrons. The SMILES string of the molecule is C=CCCCCCCCC(=O)OCCCCCCCCCCCC. The Morgan fingerprint density at radius 1 is 0.750 bits per heavy atom. The van der Waals surface area contributed by atoms with E-state index in [9.17, 15) is 4.79 Å². The van der Waals surface area contributed by atoms with Crippen LogP contribution in [-0.2, 0) is 9.53 Å².